The molecule has 1 aliphatic carbocycles. The minimum Gasteiger partial charge on any atom is -0.247 e. The van der Waals surface area contributed by atoms with Gasteiger partial charge in [-0.2, -0.15) is 0 Å². The predicted octanol–water partition coefficient (Wildman–Crippen LogP) is 4.98. The third kappa shape index (κ3) is 4.53. The van der Waals surface area contributed by atoms with E-state index in [0.717, 1.165) is 31.1 Å². The lowest BCUT2D eigenvalue weighted by atomic mass is 9.76. The maximum absolute atomic E-state index is 13.4. The Balaban J connectivity index is 2.45. The Labute approximate surface area is 94.6 Å². The molecule has 0 N–H and O–H groups in total. The van der Waals surface area contributed by atoms with E-state index in [0.29, 0.717) is 5.92 Å². The Bertz CT molecular complexity index is 167. The standard InChI is InChI=1S/C14H27F/c1-4-5-6-13-9-11(2)10-14(15)8-7-12(13)3/h11-14H,4-10H2,1-3H3. The van der Waals surface area contributed by atoms with Gasteiger partial charge in [-0.05, 0) is 43.4 Å². The molecule has 0 aromatic heterocycles. The topological polar surface area (TPSA) is 0 Å². The molecule has 0 aromatic rings. The summed E-state index contributed by atoms with van der Waals surface area (Å²) in [5, 5.41) is 0. The van der Waals surface area contributed by atoms with Crippen LogP contribution in [0.3, 0.4) is 0 Å². The highest BCUT2D eigenvalue weighted by Gasteiger charge is 2.25. The number of alkyl halides is 1. The minimum absolute atomic E-state index is 0.533. The first-order valence-electron chi connectivity index (χ1n) is 6.77. The van der Waals surface area contributed by atoms with Gasteiger partial charge in [-0.1, -0.05) is 40.0 Å². The summed E-state index contributed by atoms with van der Waals surface area (Å²) in [5.74, 6) is 2.18. The van der Waals surface area contributed by atoms with Gasteiger partial charge >= 0.3 is 0 Å². The molecule has 0 spiro atoms. The SMILES string of the molecule is CCCCC1CC(C)CC(F)CCC1C. The first-order valence-corrected chi connectivity index (χ1v) is 6.77. The second-order valence-corrected chi connectivity index (χ2v) is 5.63. The molecule has 4 unspecified atom stereocenters. The first kappa shape index (κ1) is 13.0. The van der Waals surface area contributed by atoms with E-state index in [2.05, 4.69) is 20.8 Å². The molecule has 1 heteroatoms. The van der Waals surface area contributed by atoms with Crippen LogP contribution in [0.2, 0.25) is 0 Å². The average Bonchev–Trinajstić information content (AvgIpc) is 2.19. The van der Waals surface area contributed by atoms with Crippen molar-refractivity contribution in [3.63, 3.8) is 0 Å². The highest BCUT2D eigenvalue weighted by atomic mass is 19.1. The molecule has 0 aromatic carbocycles. The van der Waals surface area contributed by atoms with Crippen molar-refractivity contribution in [2.45, 2.75) is 71.9 Å². The van der Waals surface area contributed by atoms with Crippen molar-refractivity contribution in [2.24, 2.45) is 17.8 Å². The summed E-state index contributed by atoms with van der Waals surface area (Å²) in [6, 6.07) is 0. The highest BCUT2D eigenvalue weighted by molar-refractivity contribution is 4.76. The van der Waals surface area contributed by atoms with Crippen molar-refractivity contribution in [2.75, 3.05) is 0 Å². The van der Waals surface area contributed by atoms with E-state index in [1.807, 2.05) is 0 Å². The largest absolute Gasteiger partial charge is 0.247 e. The fraction of sp³-hybridized carbons (Fsp3) is 1.00. The molecular formula is C14H27F. The van der Waals surface area contributed by atoms with Gasteiger partial charge in [-0.25, -0.2) is 4.39 Å². The average molecular weight is 214 g/mol. The molecule has 0 nitrogen and oxygen atoms in total. The Morgan fingerprint density at radius 2 is 1.87 bits per heavy atom. The van der Waals surface area contributed by atoms with Gasteiger partial charge in [0.1, 0.15) is 6.17 Å². The molecule has 4 atom stereocenters. The van der Waals surface area contributed by atoms with Gasteiger partial charge < -0.3 is 0 Å². The van der Waals surface area contributed by atoms with Crippen molar-refractivity contribution in [1.29, 1.82) is 0 Å². The van der Waals surface area contributed by atoms with E-state index >= 15 is 0 Å². The highest BCUT2D eigenvalue weighted by Crippen LogP contribution is 2.34. The lowest BCUT2D eigenvalue weighted by molar-refractivity contribution is 0.160. The lowest BCUT2D eigenvalue weighted by Gasteiger charge is -2.30. The maximum Gasteiger partial charge on any atom is 0.100 e. The Morgan fingerprint density at radius 1 is 1.13 bits per heavy atom. The van der Waals surface area contributed by atoms with Crippen LogP contribution in [0.25, 0.3) is 0 Å². The van der Waals surface area contributed by atoms with E-state index in [9.17, 15) is 4.39 Å². The van der Waals surface area contributed by atoms with Gasteiger partial charge in [0.2, 0.25) is 0 Å². The van der Waals surface area contributed by atoms with Crippen LogP contribution in [0.5, 0.6) is 0 Å². The number of unbranched alkanes of at least 4 members (excludes halogenated alkanes) is 1. The van der Waals surface area contributed by atoms with Crippen LogP contribution in [0.1, 0.15) is 65.7 Å². The van der Waals surface area contributed by atoms with E-state index in [4.69, 9.17) is 0 Å². The molecule has 15 heavy (non-hydrogen) atoms. The molecule has 0 heterocycles. The van der Waals surface area contributed by atoms with Crippen molar-refractivity contribution >= 4 is 0 Å². The van der Waals surface area contributed by atoms with Crippen molar-refractivity contribution in [1.82, 2.24) is 0 Å². The second kappa shape index (κ2) is 6.50. The van der Waals surface area contributed by atoms with E-state index in [1.165, 1.54) is 25.7 Å². The molecular weight excluding hydrogens is 187 g/mol. The number of hydrogen-bond acceptors (Lipinski definition) is 0. The van der Waals surface area contributed by atoms with Crippen LogP contribution in [0.4, 0.5) is 4.39 Å². The predicted molar refractivity (Wildman–Crippen MR) is 64.7 cm³/mol. The van der Waals surface area contributed by atoms with E-state index in [-0.39, 0.29) is 0 Å². The summed E-state index contributed by atoms with van der Waals surface area (Å²) in [6.45, 7) is 6.81. The summed E-state index contributed by atoms with van der Waals surface area (Å²) < 4.78 is 13.4. The van der Waals surface area contributed by atoms with E-state index in [1.54, 1.807) is 0 Å². The fourth-order valence-corrected chi connectivity index (χ4v) is 2.95. The summed E-state index contributed by atoms with van der Waals surface area (Å²) >= 11 is 0. The second-order valence-electron chi connectivity index (χ2n) is 5.63. The molecule has 1 aliphatic rings. The summed E-state index contributed by atoms with van der Waals surface area (Å²) in [5.41, 5.74) is 0. The van der Waals surface area contributed by atoms with Crippen molar-refractivity contribution in [3.05, 3.63) is 0 Å². The molecule has 0 bridgehead atoms. The quantitative estimate of drug-likeness (QED) is 0.621. The first-order chi connectivity index (χ1) is 7.13. The normalized spacial score (nSPS) is 38.4. The van der Waals surface area contributed by atoms with Gasteiger partial charge in [0.05, 0.1) is 0 Å². The molecule has 90 valence electrons. The minimum atomic E-state index is -0.533. The smallest absolute Gasteiger partial charge is 0.100 e. The number of halogens is 1. The Hall–Kier alpha value is -0.0700. The summed E-state index contributed by atoms with van der Waals surface area (Å²) in [6.07, 6.45) is 7.42. The van der Waals surface area contributed by atoms with Crippen molar-refractivity contribution in [3.8, 4) is 0 Å². The third-order valence-electron chi connectivity index (χ3n) is 4.03. The molecule has 0 aliphatic heterocycles. The lowest BCUT2D eigenvalue weighted by Crippen LogP contribution is -2.22. The van der Waals surface area contributed by atoms with Gasteiger partial charge in [0.15, 0.2) is 0 Å². The molecule has 1 fully saturated rings. The zero-order valence-electron chi connectivity index (χ0n) is 10.6. The van der Waals surface area contributed by atoms with Crippen LogP contribution in [-0.4, -0.2) is 6.17 Å². The van der Waals surface area contributed by atoms with Crippen LogP contribution in [-0.2, 0) is 0 Å². The molecule has 1 saturated carbocycles. The van der Waals surface area contributed by atoms with Gasteiger partial charge in [-0.3, -0.25) is 0 Å². The van der Waals surface area contributed by atoms with Gasteiger partial charge in [0.25, 0.3) is 0 Å². The van der Waals surface area contributed by atoms with Gasteiger partial charge in [-0.15, -0.1) is 0 Å². The third-order valence-corrected chi connectivity index (χ3v) is 4.03. The number of rotatable bonds is 3. The molecule has 1 rings (SSSR count). The molecule has 0 amide bonds. The molecule has 0 saturated heterocycles. The summed E-state index contributed by atoms with van der Waals surface area (Å²) in [7, 11) is 0. The van der Waals surface area contributed by atoms with Crippen molar-refractivity contribution < 1.29 is 4.39 Å². The van der Waals surface area contributed by atoms with Crippen LogP contribution >= 0.6 is 0 Å². The Kier molecular flexibility index (Phi) is 5.63. The zero-order valence-corrected chi connectivity index (χ0v) is 10.6. The zero-order chi connectivity index (χ0) is 11.3. The van der Waals surface area contributed by atoms with Crippen LogP contribution < -0.4 is 0 Å². The number of hydrogen-bond donors (Lipinski definition) is 0. The van der Waals surface area contributed by atoms with Gasteiger partial charge in [0, 0.05) is 0 Å². The Morgan fingerprint density at radius 3 is 2.53 bits per heavy atom. The van der Waals surface area contributed by atoms with Crippen LogP contribution in [0, 0.1) is 17.8 Å². The fourth-order valence-electron chi connectivity index (χ4n) is 2.95. The summed E-state index contributed by atoms with van der Waals surface area (Å²) in [4.78, 5) is 0. The van der Waals surface area contributed by atoms with E-state index < -0.39 is 6.17 Å². The maximum atomic E-state index is 13.4. The molecule has 0 radical (unpaired) electrons. The monoisotopic (exact) mass is 214 g/mol. The van der Waals surface area contributed by atoms with Crippen LogP contribution in [0.15, 0.2) is 0 Å².